The van der Waals surface area contributed by atoms with E-state index >= 15 is 0 Å². The van der Waals surface area contributed by atoms with Gasteiger partial charge in [-0.25, -0.2) is 0 Å². The summed E-state index contributed by atoms with van der Waals surface area (Å²) in [4.78, 5) is 29.6. The highest BCUT2D eigenvalue weighted by molar-refractivity contribution is 6.10. The molecule has 3 aromatic rings. The second-order valence-electron chi connectivity index (χ2n) is 6.47. The molecule has 1 aromatic heterocycles. The lowest BCUT2D eigenvalue weighted by molar-refractivity contribution is 0.101. The summed E-state index contributed by atoms with van der Waals surface area (Å²) in [6.07, 6.45) is 2.96. The van der Waals surface area contributed by atoms with Crippen molar-refractivity contribution in [1.29, 1.82) is 0 Å². The number of hydrogen-bond acceptors (Lipinski definition) is 7. The Labute approximate surface area is 185 Å². The number of pyridine rings is 1. The monoisotopic (exact) mass is 437 g/mol. The van der Waals surface area contributed by atoms with Crippen molar-refractivity contribution in [1.82, 2.24) is 4.98 Å². The predicted molar refractivity (Wildman–Crippen MR) is 119 cm³/mol. The Morgan fingerprint density at radius 1 is 0.656 bits per heavy atom. The number of carbonyl (C=O) groups excluding carboxylic acids is 2. The van der Waals surface area contributed by atoms with E-state index in [1.807, 2.05) is 0 Å². The van der Waals surface area contributed by atoms with Crippen molar-refractivity contribution in [2.45, 2.75) is 0 Å². The minimum atomic E-state index is -0.402. The topological polar surface area (TPSA) is 108 Å². The van der Waals surface area contributed by atoms with Crippen molar-refractivity contribution in [2.75, 3.05) is 39.1 Å². The van der Waals surface area contributed by atoms with E-state index in [1.165, 1.54) is 40.8 Å². The van der Waals surface area contributed by atoms with E-state index in [0.717, 1.165) is 0 Å². The van der Waals surface area contributed by atoms with Gasteiger partial charge in [0.15, 0.2) is 23.0 Å². The first kappa shape index (κ1) is 22.4. The maximum absolute atomic E-state index is 12.8. The normalized spacial score (nSPS) is 10.1. The van der Waals surface area contributed by atoms with Gasteiger partial charge in [0, 0.05) is 17.3 Å². The van der Waals surface area contributed by atoms with Crippen molar-refractivity contribution in [3.63, 3.8) is 0 Å². The molecule has 166 valence electrons. The van der Waals surface area contributed by atoms with E-state index in [4.69, 9.17) is 18.9 Å². The Morgan fingerprint density at radius 2 is 1.12 bits per heavy atom. The minimum absolute atomic E-state index is 0.334. The summed E-state index contributed by atoms with van der Waals surface area (Å²) in [5, 5.41) is 5.53. The number of amides is 2. The molecule has 2 aromatic carbocycles. The lowest BCUT2D eigenvalue weighted by Gasteiger charge is -2.14. The van der Waals surface area contributed by atoms with E-state index in [2.05, 4.69) is 15.6 Å². The van der Waals surface area contributed by atoms with Crippen LogP contribution in [0.2, 0.25) is 0 Å². The molecule has 0 saturated heterocycles. The molecule has 0 atom stereocenters. The Kier molecular flexibility index (Phi) is 7.12. The smallest absolute Gasteiger partial charge is 0.255 e. The third-order valence-corrected chi connectivity index (χ3v) is 4.61. The molecular formula is C23H23N3O6. The molecule has 0 fully saturated rings. The number of nitrogens with zero attached hydrogens (tertiary/aromatic N) is 1. The van der Waals surface area contributed by atoms with Crippen LogP contribution in [0.15, 0.2) is 54.9 Å². The fraction of sp³-hybridized carbons (Fsp3) is 0.174. The van der Waals surface area contributed by atoms with Crippen molar-refractivity contribution in [2.24, 2.45) is 0 Å². The Balaban J connectivity index is 1.80. The number of benzene rings is 2. The van der Waals surface area contributed by atoms with Crippen molar-refractivity contribution >= 4 is 23.2 Å². The first-order valence-electron chi connectivity index (χ1n) is 9.51. The molecule has 3 rings (SSSR count). The van der Waals surface area contributed by atoms with Crippen LogP contribution < -0.4 is 29.6 Å². The van der Waals surface area contributed by atoms with E-state index in [0.29, 0.717) is 45.5 Å². The van der Waals surface area contributed by atoms with Crippen LogP contribution in [-0.2, 0) is 0 Å². The standard InChI is InChI=1S/C23H23N3O6/c1-29-18-7-5-14(11-20(18)31-3)22(27)25-16-9-10-24-13-17(16)26-23(28)15-6-8-19(30-2)21(12-15)32-4/h5-13H,1-4H3,(H,26,28)(H,24,25,27). The number of ether oxygens (including phenoxy) is 4. The zero-order valence-corrected chi connectivity index (χ0v) is 18.1. The van der Waals surface area contributed by atoms with Crippen LogP contribution in [0.4, 0.5) is 11.4 Å². The van der Waals surface area contributed by atoms with Crippen LogP contribution >= 0.6 is 0 Å². The number of carbonyl (C=O) groups is 2. The first-order valence-corrected chi connectivity index (χ1v) is 9.51. The Morgan fingerprint density at radius 3 is 1.59 bits per heavy atom. The molecule has 9 heteroatoms. The lowest BCUT2D eigenvalue weighted by atomic mass is 10.1. The highest BCUT2D eigenvalue weighted by Gasteiger charge is 2.16. The molecule has 0 radical (unpaired) electrons. The quantitative estimate of drug-likeness (QED) is 0.554. The summed E-state index contributed by atoms with van der Waals surface area (Å²) >= 11 is 0. The predicted octanol–water partition coefficient (Wildman–Crippen LogP) is 3.62. The van der Waals surface area contributed by atoms with Gasteiger partial charge in [0.05, 0.1) is 46.0 Å². The molecule has 0 spiro atoms. The fourth-order valence-corrected chi connectivity index (χ4v) is 2.95. The third-order valence-electron chi connectivity index (χ3n) is 4.61. The van der Waals surface area contributed by atoms with Gasteiger partial charge in [-0.15, -0.1) is 0 Å². The zero-order valence-electron chi connectivity index (χ0n) is 18.1. The largest absolute Gasteiger partial charge is 0.493 e. The van der Waals surface area contributed by atoms with Crippen LogP contribution in [0.5, 0.6) is 23.0 Å². The van der Waals surface area contributed by atoms with Gasteiger partial charge in [0.2, 0.25) is 0 Å². The molecule has 2 N–H and O–H groups in total. The molecule has 0 aliphatic rings. The number of anilines is 2. The van der Waals surface area contributed by atoms with Crippen molar-refractivity contribution < 1.29 is 28.5 Å². The Hall–Kier alpha value is -4.27. The summed E-state index contributed by atoms with van der Waals surface area (Å²) in [5.74, 6) is 1.08. The molecule has 9 nitrogen and oxygen atoms in total. The van der Waals surface area contributed by atoms with Crippen LogP contribution in [0.3, 0.4) is 0 Å². The molecule has 0 bridgehead atoms. The van der Waals surface area contributed by atoms with Crippen LogP contribution in [0, 0.1) is 0 Å². The molecular weight excluding hydrogens is 414 g/mol. The maximum atomic E-state index is 12.8. The van der Waals surface area contributed by atoms with E-state index in [9.17, 15) is 9.59 Å². The van der Waals surface area contributed by atoms with Crippen LogP contribution in [0.25, 0.3) is 0 Å². The lowest BCUT2D eigenvalue weighted by Crippen LogP contribution is -2.17. The minimum Gasteiger partial charge on any atom is -0.493 e. The SMILES string of the molecule is COc1ccc(C(=O)Nc2ccncc2NC(=O)c2ccc(OC)c(OC)c2)cc1OC. The second kappa shape index (κ2) is 10.2. The van der Waals surface area contributed by atoms with Gasteiger partial charge in [-0.05, 0) is 42.5 Å². The zero-order chi connectivity index (χ0) is 23.1. The van der Waals surface area contributed by atoms with E-state index in [-0.39, 0.29) is 0 Å². The molecule has 0 aliphatic heterocycles. The number of hydrogen-bond donors (Lipinski definition) is 2. The van der Waals surface area contributed by atoms with Gasteiger partial charge in [-0.2, -0.15) is 0 Å². The molecule has 0 unspecified atom stereocenters. The Bertz CT molecular complexity index is 1040. The number of methoxy groups -OCH3 is 4. The molecule has 32 heavy (non-hydrogen) atoms. The van der Waals surface area contributed by atoms with Gasteiger partial charge < -0.3 is 29.6 Å². The highest BCUT2D eigenvalue weighted by Crippen LogP contribution is 2.30. The van der Waals surface area contributed by atoms with Gasteiger partial charge in [-0.3, -0.25) is 14.6 Å². The summed E-state index contributed by atoms with van der Waals surface area (Å²) in [5.41, 5.74) is 1.43. The summed E-state index contributed by atoms with van der Waals surface area (Å²) in [6, 6.07) is 11.2. The molecule has 0 saturated carbocycles. The van der Waals surface area contributed by atoms with Gasteiger partial charge in [0.1, 0.15) is 0 Å². The molecule has 1 heterocycles. The number of aromatic nitrogens is 1. The average molecular weight is 437 g/mol. The highest BCUT2D eigenvalue weighted by atomic mass is 16.5. The summed E-state index contributed by atoms with van der Waals surface area (Å²) in [6.45, 7) is 0. The average Bonchev–Trinajstić information content (AvgIpc) is 2.84. The van der Waals surface area contributed by atoms with E-state index in [1.54, 1.807) is 42.5 Å². The number of rotatable bonds is 8. The maximum Gasteiger partial charge on any atom is 0.255 e. The van der Waals surface area contributed by atoms with Gasteiger partial charge in [0.25, 0.3) is 11.8 Å². The third kappa shape index (κ3) is 4.89. The number of nitrogens with one attached hydrogen (secondary N) is 2. The van der Waals surface area contributed by atoms with Gasteiger partial charge >= 0.3 is 0 Å². The van der Waals surface area contributed by atoms with Crippen LogP contribution in [-0.4, -0.2) is 45.2 Å². The fourth-order valence-electron chi connectivity index (χ4n) is 2.95. The molecule has 0 aliphatic carbocycles. The molecule has 2 amide bonds. The van der Waals surface area contributed by atoms with Crippen molar-refractivity contribution in [3.8, 4) is 23.0 Å². The summed E-state index contributed by atoms with van der Waals surface area (Å²) in [7, 11) is 6.01. The summed E-state index contributed by atoms with van der Waals surface area (Å²) < 4.78 is 20.9. The van der Waals surface area contributed by atoms with Crippen LogP contribution in [0.1, 0.15) is 20.7 Å². The van der Waals surface area contributed by atoms with Gasteiger partial charge in [-0.1, -0.05) is 0 Å². The van der Waals surface area contributed by atoms with E-state index < -0.39 is 11.8 Å². The second-order valence-corrected chi connectivity index (χ2v) is 6.47. The first-order chi connectivity index (χ1) is 15.5. The van der Waals surface area contributed by atoms with Crippen molar-refractivity contribution in [3.05, 3.63) is 66.0 Å².